The smallest absolute Gasteiger partial charge is 0.343 e. The Kier molecular flexibility index (Phi) is 9.16. The second-order valence-electron chi connectivity index (χ2n) is 6.23. The minimum Gasteiger partial charge on any atom is -0.456 e. The Hall–Kier alpha value is -1.20. The molecule has 150 valence electrons. The van der Waals surface area contributed by atoms with Gasteiger partial charge in [0.25, 0.3) is 0 Å². The number of esters is 2. The number of amides is 1. The van der Waals surface area contributed by atoms with Gasteiger partial charge >= 0.3 is 11.9 Å². The molecular formula is C16H20Br2N2O6S. The highest BCUT2D eigenvalue weighted by Crippen LogP contribution is 2.33. The zero-order chi connectivity index (χ0) is 20.8. The minimum atomic E-state index is -1.13. The Morgan fingerprint density at radius 1 is 1.41 bits per heavy atom. The highest BCUT2D eigenvalue weighted by Gasteiger charge is 2.41. The van der Waals surface area contributed by atoms with Crippen LogP contribution >= 0.6 is 43.8 Å². The first-order valence-electron chi connectivity index (χ1n) is 8.01. The molecule has 0 bridgehead atoms. The first-order valence-corrected chi connectivity index (χ1v) is 10.4. The maximum Gasteiger partial charge on any atom is 0.343 e. The quantitative estimate of drug-likeness (QED) is 0.275. The number of allylic oxidation sites excluding steroid dienone is 1. The lowest BCUT2D eigenvalue weighted by molar-refractivity contribution is -0.153. The molecule has 0 aliphatic carbocycles. The highest BCUT2D eigenvalue weighted by atomic mass is 79.9. The van der Waals surface area contributed by atoms with E-state index >= 15 is 0 Å². The predicted octanol–water partition coefficient (Wildman–Crippen LogP) is 3.84. The molecule has 2 atom stereocenters. The number of hydrogen-bond donors (Lipinski definition) is 1. The summed E-state index contributed by atoms with van der Waals surface area (Å²) in [7, 11) is 0. The van der Waals surface area contributed by atoms with Gasteiger partial charge in [-0.2, -0.15) is 0 Å². The highest BCUT2D eigenvalue weighted by molar-refractivity contribution is 9.28. The lowest BCUT2D eigenvalue weighted by Crippen LogP contribution is -2.53. The molecule has 0 aromatic heterocycles. The van der Waals surface area contributed by atoms with E-state index in [1.165, 1.54) is 13.0 Å². The van der Waals surface area contributed by atoms with Crippen LogP contribution < -0.4 is 5.32 Å². The van der Waals surface area contributed by atoms with Crippen molar-refractivity contribution < 1.29 is 23.9 Å². The van der Waals surface area contributed by atoms with Gasteiger partial charge in [0, 0.05) is 23.5 Å². The molecule has 0 spiro atoms. The van der Waals surface area contributed by atoms with Gasteiger partial charge in [-0.1, -0.05) is 13.3 Å². The number of nitroso groups, excluding NO2 is 1. The molecule has 1 amide bonds. The van der Waals surface area contributed by atoms with Gasteiger partial charge in [-0.3, -0.25) is 4.79 Å². The number of ether oxygens (including phenoxy) is 2. The number of nitrogens with one attached hydrogen (secondary N) is 1. The van der Waals surface area contributed by atoms with Crippen molar-refractivity contribution in [2.75, 3.05) is 0 Å². The molecule has 8 nitrogen and oxygen atoms in total. The van der Waals surface area contributed by atoms with Crippen LogP contribution in [0.3, 0.4) is 0 Å². The van der Waals surface area contributed by atoms with E-state index in [0.717, 1.165) is 0 Å². The summed E-state index contributed by atoms with van der Waals surface area (Å²) in [6.07, 6.45) is 1.64. The normalized spacial score (nSPS) is 16.1. The Morgan fingerprint density at radius 3 is 2.48 bits per heavy atom. The molecule has 2 unspecified atom stereocenters. The number of nitrogens with zero attached hydrogens (tertiary/aromatic N) is 1. The van der Waals surface area contributed by atoms with E-state index in [4.69, 9.17) is 9.47 Å². The third-order valence-corrected chi connectivity index (χ3v) is 5.18. The molecule has 1 N–H and O–H groups in total. The number of carbonyl (C=O) groups excluding carboxylic acids is 3. The van der Waals surface area contributed by atoms with E-state index in [2.05, 4.69) is 41.8 Å². The van der Waals surface area contributed by atoms with E-state index in [1.807, 2.05) is 6.92 Å². The summed E-state index contributed by atoms with van der Waals surface area (Å²) < 4.78 is 12.8. The van der Waals surface area contributed by atoms with Gasteiger partial charge in [0.1, 0.15) is 15.5 Å². The number of carbonyl (C=O) groups is 3. The number of hydrogen-bond acceptors (Lipinski definition) is 8. The standard InChI is InChI=1S/C16H20Br2N2O6S/c1-5-6-10(9-7-11(13(17)18)26-14(9)22)25-15(23)12(19-8(2)21)16(3,4)27-20-24/h7,10,12H,5-6H2,1-4H3,(H,19,21). The molecule has 0 aromatic rings. The Morgan fingerprint density at radius 2 is 2.04 bits per heavy atom. The number of rotatable bonds is 9. The maximum atomic E-state index is 12.8. The molecule has 11 heteroatoms. The molecule has 0 radical (unpaired) electrons. The monoisotopic (exact) mass is 526 g/mol. The second-order valence-corrected chi connectivity index (χ2v) is 10.3. The Balaban J connectivity index is 3.13. The van der Waals surface area contributed by atoms with Crippen molar-refractivity contribution in [3.63, 3.8) is 0 Å². The Bertz CT molecular complexity index is 688. The van der Waals surface area contributed by atoms with Gasteiger partial charge in [0.2, 0.25) is 5.91 Å². The van der Waals surface area contributed by atoms with Gasteiger partial charge in [-0.05, 0) is 58.2 Å². The summed E-state index contributed by atoms with van der Waals surface area (Å²) in [5, 5.41) is 2.49. The lowest BCUT2D eigenvalue weighted by Gasteiger charge is -2.30. The van der Waals surface area contributed by atoms with Crippen LogP contribution in [-0.2, 0) is 23.9 Å². The van der Waals surface area contributed by atoms with Crippen LogP contribution in [0.5, 0.6) is 0 Å². The van der Waals surface area contributed by atoms with Gasteiger partial charge in [0.15, 0.2) is 5.76 Å². The van der Waals surface area contributed by atoms with Gasteiger partial charge in [0.05, 0.1) is 10.3 Å². The molecule has 0 saturated heterocycles. The number of halogens is 2. The van der Waals surface area contributed by atoms with Crippen LogP contribution in [0.4, 0.5) is 0 Å². The van der Waals surface area contributed by atoms with E-state index in [0.29, 0.717) is 28.2 Å². The summed E-state index contributed by atoms with van der Waals surface area (Å²) in [6.45, 7) is 6.30. The van der Waals surface area contributed by atoms with Crippen molar-refractivity contribution in [3.05, 3.63) is 25.7 Å². The zero-order valence-corrected chi connectivity index (χ0v) is 19.2. The summed E-state index contributed by atoms with van der Waals surface area (Å²) in [5.74, 6) is -1.58. The lowest BCUT2D eigenvalue weighted by atomic mass is 10.0. The van der Waals surface area contributed by atoms with E-state index in [1.54, 1.807) is 13.8 Å². The largest absolute Gasteiger partial charge is 0.456 e. The first-order chi connectivity index (χ1) is 12.5. The molecule has 0 fully saturated rings. The third-order valence-electron chi connectivity index (χ3n) is 3.62. The minimum absolute atomic E-state index is 0.192. The van der Waals surface area contributed by atoms with Crippen molar-refractivity contribution in [1.82, 2.24) is 5.32 Å². The molecule has 1 aliphatic heterocycles. The van der Waals surface area contributed by atoms with Crippen molar-refractivity contribution in [2.24, 2.45) is 4.58 Å². The van der Waals surface area contributed by atoms with Crippen molar-refractivity contribution in [2.45, 2.75) is 57.4 Å². The summed E-state index contributed by atoms with van der Waals surface area (Å²) in [5.41, 5.74) is 0.192. The van der Waals surface area contributed by atoms with Crippen LogP contribution in [0.25, 0.3) is 0 Å². The fourth-order valence-corrected chi connectivity index (χ4v) is 3.17. The molecule has 27 heavy (non-hydrogen) atoms. The van der Waals surface area contributed by atoms with Crippen LogP contribution in [0.2, 0.25) is 0 Å². The van der Waals surface area contributed by atoms with E-state index in [9.17, 15) is 19.3 Å². The summed E-state index contributed by atoms with van der Waals surface area (Å²) >= 11 is 6.95. The number of cyclic esters (lactones) is 1. The topological polar surface area (TPSA) is 111 Å². The molecular weight excluding hydrogens is 508 g/mol. The first kappa shape index (κ1) is 23.8. The maximum absolute atomic E-state index is 12.8. The predicted molar refractivity (Wildman–Crippen MR) is 109 cm³/mol. The summed E-state index contributed by atoms with van der Waals surface area (Å²) in [6, 6.07) is -1.13. The van der Waals surface area contributed by atoms with E-state index in [-0.39, 0.29) is 11.3 Å². The molecule has 0 aromatic carbocycles. The molecule has 1 rings (SSSR count). The Labute approximate surface area is 178 Å². The average molecular weight is 528 g/mol. The SMILES string of the molecule is CCCC(OC(=O)C(NC(C)=O)C(C)(C)SN=O)C1=CC(=C(Br)Br)OC1=O. The summed E-state index contributed by atoms with van der Waals surface area (Å²) in [4.78, 5) is 47.1. The third kappa shape index (κ3) is 6.72. The van der Waals surface area contributed by atoms with Crippen LogP contribution in [0.1, 0.15) is 40.5 Å². The molecule has 0 saturated carbocycles. The van der Waals surface area contributed by atoms with Crippen molar-refractivity contribution >= 4 is 61.7 Å². The second kappa shape index (κ2) is 10.4. The van der Waals surface area contributed by atoms with E-state index < -0.39 is 34.7 Å². The fraction of sp³-hybridized carbons (Fsp3) is 0.562. The molecule has 1 heterocycles. The molecule has 1 aliphatic rings. The van der Waals surface area contributed by atoms with Gasteiger partial charge in [-0.25, -0.2) is 9.59 Å². The van der Waals surface area contributed by atoms with Crippen LogP contribution in [0.15, 0.2) is 25.4 Å². The van der Waals surface area contributed by atoms with Gasteiger partial charge in [-0.15, -0.1) is 4.91 Å². The fourth-order valence-electron chi connectivity index (χ4n) is 2.32. The van der Waals surface area contributed by atoms with Crippen molar-refractivity contribution in [3.8, 4) is 0 Å². The van der Waals surface area contributed by atoms with Crippen LogP contribution in [-0.4, -0.2) is 34.7 Å². The van der Waals surface area contributed by atoms with Crippen LogP contribution in [0, 0.1) is 4.91 Å². The van der Waals surface area contributed by atoms with Gasteiger partial charge < -0.3 is 14.8 Å². The average Bonchev–Trinajstić information content (AvgIpc) is 2.94. The van der Waals surface area contributed by atoms with Crippen molar-refractivity contribution in [1.29, 1.82) is 0 Å². The zero-order valence-electron chi connectivity index (χ0n) is 15.2.